The quantitative estimate of drug-likeness (QED) is 0.849. The summed E-state index contributed by atoms with van der Waals surface area (Å²) in [4.78, 5) is 25.8. The van der Waals surface area contributed by atoms with Crippen LogP contribution in [0.4, 0.5) is 0 Å². The molecular formula is C14H14N4O3. The largest absolute Gasteiger partial charge is 0.420 e. The van der Waals surface area contributed by atoms with Crippen molar-refractivity contribution in [3.8, 4) is 6.07 Å². The Morgan fingerprint density at radius 3 is 2.86 bits per heavy atom. The molecule has 7 heteroatoms. The number of carbonyl (C=O) groups excluding carboxylic acids is 1. The molecule has 1 aromatic heterocycles. The molecule has 0 unspecified atom stereocenters. The van der Waals surface area contributed by atoms with Gasteiger partial charge in [0.25, 0.3) is 5.91 Å². The predicted octanol–water partition coefficient (Wildman–Crippen LogP) is 0.163. The van der Waals surface area contributed by atoms with Gasteiger partial charge in [-0.3, -0.25) is 9.36 Å². The molecular weight excluding hydrogens is 272 g/mol. The van der Waals surface area contributed by atoms with Gasteiger partial charge in [0.2, 0.25) is 0 Å². The summed E-state index contributed by atoms with van der Waals surface area (Å²) in [6.45, 7) is 2.81. The van der Waals surface area contributed by atoms with Gasteiger partial charge in [0.15, 0.2) is 5.58 Å². The Morgan fingerprint density at radius 1 is 1.38 bits per heavy atom. The number of amides is 1. The van der Waals surface area contributed by atoms with Crippen LogP contribution in [-0.4, -0.2) is 41.6 Å². The average Bonchev–Trinajstić information content (AvgIpc) is 2.83. The van der Waals surface area contributed by atoms with Gasteiger partial charge in [0.1, 0.15) is 6.54 Å². The van der Waals surface area contributed by atoms with Crippen LogP contribution in [0.1, 0.15) is 10.4 Å². The van der Waals surface area contributed by atoms with Crippen molar-refractivity contribution in [3.05, 3.63) is 34.3 Å². The second-order valence-corrected chi connectivity index (χ2v) is 4.84. The van der Waals surface area contributed by atoms with Gasteiger partial charge in [-0.25, -0.2) is 4.79 Å². The summed E-state index contributed by atoms with van der Waals surface area (Å²) >= 11 is 0. The fourth-order valence-electron chi connectivity index (χ4n) is 2.47. The molecule has 1 N–H and O–H groups in total. The SMILES string of the molecule is N#CCn1c(=O)oc2cc(C(=O)N3CCNCC3)ccc21. The lowest BCUT2D eigenvalue weighted by Crippen LogP contribution is -2.46. The third-order valence-electron chi connectivity index (χ3n) is 3.55. The molecule has 1 saturated heterocycles. The molecule has 1 aliphatic heterocycles. The first-order chi connectivity index (χ1) is 10.2. The van der Waals surface area contributed by atoms with Crippen molar-refractivity contribution in [3.63, 3.8) is 0 Å². The van der Waals surface area contributed by atoms with Gasteiger partial charge in [-0.05, 0) is 18.2 Å². The number of nitrogens with one attached hydrogen (secondary N) is 1. The highest BCUT2D eigenvalue weighted by Gasteiger charge is 2.19. The molecule has 7 nitrogen and oxygen atoms in total. The second-order valence-electron chi connectivity index (χ2n) is 4.84. The van der Waals surface area contributed by atoms with Gasteiger partial charge in [-0.15, -0.1) is 0 Å². The van der Waals surface area contributed by atoms with Crippen LogP contribution in [0.25, 0.3) is 11.1 Å². The number of rotatable bonds is 2. The Labute approximate surface area is 120 Å². The van der Waals surface area contributed by atoms with Crippen molar-refractivity contribution < 1.29 is 9.21 Å². The van der Waals surface area contributed by atoms with E-state index < -0.39 is 5.76 Å². The second kappa shape index (κ2) is 5.42. The van der Waals surface area contributed by atoms with E-state index in [1.807, 2.05) is 6.07 Å². The Balaban J connectivity index is 1.96. The number of aromatic nitrogens is 1. The zero-order chi connectivity index (χ0) is 14.8. The summed E-state index contributed by atoms with van der Waals surface area (Å²) in [5.41, 5.74) is 1.34. The minimum absolute atomic E-state index is 0.0725. The average molecular weight is 286 g/mol. The lowest BCUT2D eigenvalue weighted by Gasteiger charge is -2.27. The fourth-order valence-corrected chi connectivity index (χ4v) is 2.47. The molecule has 0 radical (unpaired) electrons. The van der Waals surface area contributed by atoms with Crippen LogP contribution < -0.4 is 11.1 Å². The van der Waals surface area contributed by atoms with E-state index in [2.05, 4.69) is 5.32 Å². The van der Waals surface area contributed by atoms with E-state index >= 15 is 0 Å². The first-order valence-electron chi connectivity index (χ1n) is 6.71. The van der Waals surface area contributed by atoms with Crippen molar-refractivity contribution in [2.24, 2.45) is 0 Å². The summed E-state index contributed by atoms with van der Waals surface area (Å²) in [6.07, 6.45) is 0. The summed E-state index contributed by atoms with van der Waals surface area (Å²) in [6, 6.07) is 6.79. The standard InChI is InChI=1S/C14H14N4O3/c15-3-6-18-11-2-1-10(9-12(11)21-14(18)20)13(19)17-7-4-16-5-8-17/h1-2,9,16H,4-8H2. The van der Waals surface area contributed by atoms with E-state index in [9.17, 15) is 9.59 Å². The van der Waals surface area contributed by atoms with E-state index in [1.54, 1.807) is 23.1 Å². The summed E-state index contributed by atoms with van der Waals surface area (Å²) in [5.74, 6) is -0.660. The van der Waals surface area contributed by atoms with E-state index in [-0.39, 0.29) is 12.5 Å². The van der Waals surface area contributed by atoms with Crippen LogP contribution in [-0.2, 0) is 6.54 Å². The third kappa shape index (κ3) is 2.41. The third-order valence-corrected chi connectivity index (χ3v) is 3.55. The van der Waals surface area contributed by atoms with Crippen molar-refractivity contribution in [2.75, 3.05) is 26.2 Å². The molecule has 2 heterocycles. The maximum absolute atomic E-state index is 12.4. The van der Waals surface area contributed by atoms with Crippen LogP contribution in [0.2, 0.25) is 0 Å². The Morgan fingerprint density at radius 2 is 2.14 bits per heavy atom. The Hall–Kier alpha value is -2.59. The molecule has 0 atom stereocenters. The number of oxazole rings is 1. The molecule has 2 aromatic rings. The summed E-state index contributed by atoms with van der Waals surface area (Å²) in [7, 11) is 0. The lowest BCUT2D eigenvalue weighted by molar-refractivity contribution is 0.0736. The van der Waals surface area contributed by atoms with Crippen LogP contribution in [0.5, 0.6) is 0 Å². The number of hydrogen-bond donors (Lipinski definition) is 1. The smallest absolute Gasteiger partial charge is 0.408 e. The monoisotopic (exact) mass is 286 g/mol. The van der Waals surface area contributed by atoms with Crippen molar-refractivity contribution in [2.45, 2.75) is 6.54 Å². The Bertz CT molecular complexity index is 778. The van der Waals surface area contributed by atoms with Gasteiger partial charge in [-0.1, -0.05) is 0 Å². The molecule has 1 fully saturated rings. The first kappa shape index (κ1) is 13.4. The van der Waals surface area contributed by atoms with Crippen LogP contribution in [0.15, 0.2) is 27.4 Å². The maximum Gasteiger partial charge on any atom is 0.420 e. The minimum atomic E-state index is -0.585. The maximum atomic E-state index is 12.4. The van der Waals surface area contributed by atoms with E-state index in [4.69, 9.17) is 9.68 Å². The fraction of sp³-hybridized carbons (Fsp3) is 0.357. The number of hydrogen-bond acceptors (Lipinski definition) is 5. The van der Waals surface area contributed by atoms with Crippen LogP contribution >= 0.6 is 0 Å². The van der Waals surface area contributed by atoms with Crippen LogP contribution in [0, 0.1) is 11.3 Å². The summed E-state index contributed by atoms with van der Waals surface area (Å²) < 4.78 is 6.35. The highest BCUT2D eigenvalue weighted by atomic mass is 16.4. The van der Waals surface area contributed by atoms with E-state index in [0.717, 1.165) is 13.1 Å². The summed E-state index contributed by atoms with van der Waals surface area (Å²) in [5, 5.41) is 11.9. The molecule has 3 rings (SSSR count). The number of nitriles is 1. The van der Waals surface area contributed by atoms with Gasteiger partial charge < -0.3 is 14.6 Å². The first-order valence-corrected chi connectivity index (χ1v) is 6.71. The topological polar surface area (TPSA) is 91.3 Å². The predicted molar refractivity (Wildman–Crippen MR) is 74.9 cm³/mol. The van der Waals surface area contributed by atoms with Gasteiger partial charge >= 0.3 is 5.76 Å². The van der Waals surface area contributed by atoms with Crippen molar-refractivity contribution in [1.82, 2.24) is 14.8 Å². The molecule has 21 heavy (non-hydrogen) atoms. The zero-order valence-corrected chi connectivity index (χ0v) is 11.3. The van der Waals surface area contributed by atoms with E-state index in [1.165, 1.54) is 4.57 Å². The van der Waals surface area contributed by atoms with Gasteiger partial charge in [0, 0.05) is 31.7 Å². The zero-order valence-electron chi connectivity index (χ0n) is 11.3. The number of nitrogens with zero attached hydrogens (tertiary/aromatic N) is 3. The number of benzene rings is 1. The minimum Gasteiger partial charge on any atom is -0.408 e. The molecule has 108 valence electrons. The lowest BCUT2D eigenvalue weighted by atomic mass is 10.1. The van der Waals surface area contributed by atoms with Crippen molar-refractivity contribution >= 4 is 17.0 Å². The van der Waals surface area contributed by atoms with Gasteiger partial charge in [-0.2, -0.15) is 5.26 Å². The van der Waals surface area contributed by atoms with Crippen LogP contribution in [0.3, 0.4) is 0 Å². The highest BCUT2D eigenvalue weighted by Crippen LogP contribution is 2.16. The molecule has 1 aliphatic rings. The number of fused-ring (bicyclic) bond motifs is 1. The van der Waals surface area contributed by atoms with E-state index in [0.29, 0.717) is 29.8 Å². The van der Waals surface area contributed by atoms with Gasteiger partial charge in [0.05, 0.1) is 11.6 Å². The van der Waals surface area contributed by atoms with Crippen molar-refractivity contribution in [1.29, 1.82) is 5.26 Å². The molecule has 0 bridgehead atoms. The molecule has 0 saturated carbocycles. The normalized spacial score (nSPS) is 15.1. The number of carbonyl (C=O) groups is 1. The molecule has 0 aliphatic carbocycles. The Kier molecular flexibility index (Phi) is 3.46. The molecule has 0 spiro atoms. The highest BCUT2D eigenvalue weighted by molar-refractivity contribution is 5.97. The number of piperazine rings is 1. The molecule has 1 aromatic carbocycles. The molecule has 1 amide bonds.